The summed E-state index contributed by atoms with van der Waals surface area (Å²) >= 11 is 0. The average Bonchev–Trinajstić information content (AvgIpc) is 1.82. The van der Waals surface area contributed by atoms with E-state index in [-0.39, 0.29) is 44.1 Å². The number of aryl methyl sites for hydroxylation is 2. The Bertz CT molecular complexity index is 233. The smallest absolute Gasteiger partial charge is 0.119 e. The molecule has 0 saturated heterocycles. The SMILES string of the molecule is Cc1cc(C)c(C)c(O)c1.[Ac]. The minimum Gasteiger partial charge on any atom is -0.508 e. The van der Waals surface area contributed by atoms with Crippen molar-refractivity contribution in [1.82, 2.24) is 0 Å². The predicted molar refractivity (Wildman–Crippen MR) is 42.3 cm³/mol. The number of aromatic hydroxyl groups is 1. The van der Waals surface area contributed by atoms with Gasteiger partial charge < -0.3 is 5.11 Å². The minimum absolute atomic E-state index is 0. The van der Waals surface area contributed by atoms with Gasteiger partial charge in [0.2, 0.25) is 0 Å². The maximum Gasteiger partial charge on any atom is 0.119 e. The maximum absolute atomic E-state index is 9.28. The van der Waals surface area contributed by atoms with E-state index in [0.717, 1.165) is 16.7 Å². The van der Waals surface area contributed by atoms with Gasteiger partial charge in [-0.2, -0.15) is 0 Å². The van der Waals surface area contributed by atoms with Gasteiger partial charge in [0.05, 0.1) is 0 Å². The van der Waals surface area contributed by atoms with Crippen molar-refractivity contribution >= 4 is 0 Å². The van der Waals surface area contributed by atoms with Gasteiger partial charge >= 0.3 is 0 Å². The molecule has 1 nitrogen and oxygen atoms in total. The second kappa shape index (κ2) is 4.48. The van der Waals surface area contributed by atoms with Crippen molar-refractivity contribution in [2.24, 2.45) is 0 Å². The molecule has 0 aliphatic carbocycles. The van der Waals surface area contributed by atoms with Crippen LogP contribution < -0.4 is 0 Å². The quantitative estimate of drug-likeness (QED) is 0.750. The number of hydrogen-bond acceptors (Lipinski definition) is 1. The molecule has 57 valence electrons. The Morgan fingerprint density at radius 3 is 2.09 bits per heavy atom. The summed E-state index contributed by atoms with van der Waals surface area (Å²) < 4.78 is 0. The Kier molecular flexibility index (Phi) is 4.67. The van der Waals surface area contributed by atoms with Gasteiger partial charge in [-0.15, -0.1) is 0 Å². The molecule has 0 aromatic heterocycles. The molecule has 2 heteroatoms. The third kappa shape index (κ3) is 2.76. The standard InChI is InChI=1S/C9H12O.Ac/c1-6-4-7(2)8(3)9(10)5-6;/h4-5,10H,1-3H3;. The normalized spacial score (nSPS) is 9.00. The molecule has 1 rings (SSSR count). The summed E-state index contributed by atoms with van der Waals surface area (Å²) in [4.78, 5) is 0. The van der Waals surface area contributed by atoms with E-state index < -0.39 is 0 Å². The molecular weight excluding hydrogens is 351 g/mol. The molecule has 1 radical (unpaired) electrons. The molecule has 0 unspecified atom stereocenters. The van der Waals surface area contributed by atoms with Crippen LogP contribution in [0.4, 0.5) is 0 Å². The molecule has 0 atom stereocenters. The summed E-state index contributed by atoms with van der Waals surface area (Å²) in [5.74, 6) is 0.400. The molecule has 0 spiro atoms. The number of benzene rings is 1. The van der Waals surface area contributed by atoms with E-state index in [1.807, 2.05) is 20.8 Å². The summed E-state index contributed by atoms with van der Waals surface area (Å²) in [5.41, 5.74) is 3.24. The van der Waals surface area contributed by atoms with Crippen molar-refractivity contribution < 1.29 is 49.2 Å². The monoisotopic (exact) mass is 363 g/mol. The number of hydrogen-bond donors (Lipinski definition) is 1. The largest absolute Gasteiger partial charge is 0.508 e. The molecule has 0 bridgehead atoms. The third-order valence-corrected chi connectivity index (χ3v) is 1.78. The van der Waals surface area contributed by atoms with Crippen LogP contribution in [0.15, 0.2) is 12.1 Å². The van der Waals surface area contributed by atoms with Crippen LogP contribution in [0.2, 0.25) is 0 Å². The van der Waals surface area contributed by atoms with Gasteiger partial charge in [-0.3, -0.25) is 0 Å². The van der Waals surface area contributed by atoms with Gasteiger partial charge in [0.1, 0.15) is 5.75 Å². The fourth-order valence-electron chi connectivity index (χ4n) is 1.02. The summed E-state index contributed by atoms with van der Waals surface area (Å²) in [5, 5.41) is 9.28. The Hall–Kier alpha value is 0.462. The molecule has 0 saturated carbocycles. The third-order valence-electron chi connectivity index (χ3n) is 1.78. The number of phenolic OH excluding ortho intramolecular Hbond substituents is 1. The van der Waals surface area contributed by atoms with Gasteiger partial charge in [-0.1, -0.05) is 6.07 Å². The van der Waals surface area contributed by atoms with E-state index in [1.54, 1.807) is 6.07 Å². The van der Waals surface area contributed by atoms with Crippen LogP contribution in [-0.4, -0.2) is 5.11 Å². The molecule has 0 aliphatic rings. The van der Waals surface area contributed by atoms with Crippen LogP contribution in [0.3, 0.4) is 0 Å². The molecular formula is C9H12AcO. The van der Waals surface area contributed by atoms with Crippen LogP contribution in [-0.2, 0) is 0 Å². The van der Waals surface area contributed by atoms with Crippen molar-refractivity contribution in [3.63, 3.8) is 0 Å². The fourth-order valence-corrected chi connectivity index (χ4v) is 1.02. The van der Waals surface area contributed by atoms with Crippen LogP contribution in [0.25, 0.3) is 0 Å². The molecule has 0 amide bonds. The average molecular weight is 363 g/mol. The Morgan fingerprint density at radius 2 is 1.64 bits per heavy atom. The van der Waals surface area contributed by atoms with Crippen molar-refractivity contribution in [2.45, 2.75) is 20.8 Å². The van der Waals surface area contributed by atoms with E-state index in [0.29, 0.717) is 5.75 Å². The van der Waals surface area contributed by atoms with Crippen LogP contribution in [0, 0.1) is 64.8 Å². The first-order valence-electron chi connectivity index (χ1n) is 3.38. The zero-order chi connectivity index (χ0) is 7.72. The molecule has 1 aromatic carbocycles. The van der Waals surface area contributed by atoms with Gasteiger partial charge in [0.15, 0.2) is 0 Å². The van der Waals surface area contributed by atoms with Crippen molar-refractivity contribution in [3.8, 4) is 5.75 Å². The van der Waals surface area contributed by atoms with Crippen molar-refractivity contribution in [2.75, 3.05) is 0 Å². The zero-order valence-electron chi connectivity index (χ0n) is 7.18. The van der Waals surface area contributed by atoms with Crippen LogP contribution in [0.1, 0.15) is 16.7 Å². The topological polar surface area (TPSA) is 20.2 Å². The zero-order valence-corrected chi connectivity index (χ0v) is 11.9. The summed E-state index contributed by atoms with van der Waals surface area (Å²) in [7, 11) is 0. The van der Waals surface area contributed by atoms with E-state index in [1.165, 1.54) is 0 Å². The first-order valence-corrected chi connectivity index (χ1v) is 3.38. The van der Waals surface area contributed by atoms with Gasteiger partial charge in [-0.05, 0) is 43.5 Å². The van der Waals surface area contributed by atoms with Crippen molar-refractivity contribution in [3.05, 3.63) is 28.8 Å². The second-order valence-electron chi connectivity index (χ2n) is 2.73. The van der Waals surface area contributed by atoms with Crippen LogP contribution in [0.5, 0.6) is 5.75 Å². The molecule has 0 aliphatic heterocycles. The number of phenols is 1. The van der Waals surface area contributed by atoms with E-state index >= 15 is 0 Å². The van der Waals surface area contributed by atoms with E-state index in [2.05, 4.69) is 6.07 Å². The van der Waals surface area contributed by atoms with Gasteiger partial charge in [-0.25, -0.2) is 0 Å². The molecule has 0 heterocycles. The molecule has 1 aromatic rings. The second-order valence-corrected chi connectivity index (χ2v) is 2.73. The van der Waals surface area contributed by atoms with Crippen molar-refractivity contribution in [1.29, 1.82) is 0 Å². The Labute approximate surface area is 103 Å². The first kappa shape index (κ1) is 11.5. The Morgan fingerprint density at radius 1 is 1.09 bits per heavy atom. The Balaban J connectivity index is 0.000001000. The summed E-state index contributed by atoms with van der Waals surface area (Å²) in [6, 6.07) is 3.84. The van der Waals surface area contributed by atoms with Crippen LogP contribution >= 0.6 is 0 Å². The molecule has 11 heavy (non-hydrogen) atoms. The molecule has 1 N–H and O–H groups in total. The molecule has 0 fully saturated rings. The van der Waals surface area contributed by atoms with Gasteiger partial charge in [0, 0.05) is 44.1 Å². The van der Waals surface area contributed by atoms with E-state index in [9.17, 15) is 5.11 Å². The predicted octanol–water partition coefficient (Wildman–Crippen LogP) is 2.32. The minimum atomic E-state index is 0. The first-order chi connectivity index (χ1) is 4.61. The van der Waals surface area contributed by atoms with E-state index in [4.69, 9.17) is 0 Å². The maximum atomic E-state index is 9.28. The summed E-state index contributed by atoms with van der Waals surface area (Å²) in [6.45, 7) is 5.90. The summed E-state index contributed by atoms with van der Waals surface area (Å²) in [6.07, 6.45) is 0. The van der Waals surface area contributed by atoms with Gasteiger partial charge in [0.25, 0.3) is 0 Å². The number of rotatable bonds is 0. The fraction of sp³-hybridized carbons (Fsp3) is 0.333.